The molecule has 0 aromatic heterocycles. The Morgan fingerprint density at radius 1 is 1.31 bits per heavy atom. The Labute approximate surface area is 162 Å². The zero-order chi connectivity index (χ0) is 18.4. The predicted molar refractivity (Wildman–Crippen MR) is 100 cm³/mol. The summed E-state index contributed by atoms with van der Waals surface area (Å²) in [5.74, 6) is 0.196. The van der Waals surface area contributed by atoms with Crippen molar-refractivity contribution in [3.8, 4) is 0 Å². The van der Waals surface area contributed by atoms with Crippen LogP contribution in [-0.4, -0.2) is 44.0 Å². The fourth-order valence-electron chi connectivity index (χ4n) is 3.03. The van der Waals surface area contributed by atoms with Crippen LogP contribution in [0, 0.1) is 5.92 Å². The molecular weight excluding hydrogens is 390 g/mol. The molecule has 0 spiro atoms. The molecule has 1 heterocycles. The fraction of sp³-hybridized carbons (Fsp3) is 0.588. The molecule has 9 heteroatoms. The second-order valence-corrected chi connectivity index (χ2v) is 6.78. The van der Waals surface area contributed by atoms with Crippen molar-refractivity contribution >= 4 is 35.6 Å². The number of carbonyl (C=O) groups is 1. The molecule has 1 aliphatic rings. The summed E-state index contributed by atoms with van der Waals surface area (Å²) in [6.45, 7) is 2.64. The molecular formula is C17H24Cl2F3N3O. The average molecular weight is 414 g/mol. The predicted octanol–water partition coefficient (Wildman–Crippen LogP) is 4.04. The molecule has 1 amide bonds. The quantitative estimate of drug-likeness (QED) is 0.739. The molecule has 26 heavy (non-hydrogen) atoms. The maximum atomic E-state index is 13.1. The standard InChI is InChI=1S/C17H23ClF3N3O.ClH/c1-22-7-4-12-5-8-24(9-6-12)11-16(25)23-15-3-2-13(18)10-14(15)17(19,20)21;/h2-3,10,12,22H,4-9,11H2,1H3,(H,23,25);1H. The summed E-state index contributed by atoms with van der Waals surface area (Å²) in [4.78, 5) is 14.1. The molecule has 0 bridgehead atoms. The van der Waals surface area contributed by atoms with E-state index in [1.807, 2.05) is 11.9 Å². The third kappa shape index (κ3) is 6.95. The van der Waals surface area contributed by atoms with Gasteiger partial charge in [0.2, 0.25) is 5.91 Å². The first-order chi connectivity index (χ1) is 11.8. The molecule has 0 aliphatic carbocycles. The van der Waals surface area contributed by atoms with E-state index in [1.54, 1.807) is 0 Å². The van der Waals surface area contributed by atoms with Gasteiger partial charge in [0.1, 0.15) is 0 Å². The van der Waals surface area contributed by atoms with Crippen molar-refractivity contribution in [2.75, 3.05) is 38.5 Å². The minimum absolute atomic E-state index is 0. The van der Waals surface area contributed by atoms with Crippen LogP contribution in [-0.2, 0) is 11.0 Å². The number of halogens is 5. The second-order valence-electron chi connectivity index (χ2n) is 6.35. The lowest BCUT2D eigenvalue weighted by Crippen LogP contribution is -2.39. The molecule has 0 atom stereocenters. The van der Waals surface area contributed by atoms with E-state index in [4.69, 9.17) is 11.6 Å². The number of hydrogen-bond acceptors (Lipinski definition) is 3. The molecule has 1 aliphatic heterocycles. The SMILES string of the molecule is CNCCC1CCN(CC(=O)Nc2ccc(Cl)cc2C(F)(F)F)CC1.Cl. The molecule has 1 saturated heterocycles. The highest BCUT2D eigenvalue weighted by atomic mass is 35.5. The van der Waals surface area contributed by atoms with E-state index in [1.165, 1.54) is 12.1 Å². The van der Waals surface area contributed by atoms with Crippen LogP contribution < -0.4 is 10.6 Å². The van der Waals surface area contributed by atoms with Gasteiger partial charge in [-0.05, 0) is 70.1 Å². The summed E-state index contributed by atoms with van der Waals surface area (Å²) in [5.41, 5.74) is -1.19. The van der Waals surface area contributed by atoms with Crippen LogP contribution in [0.4, 0.5) is 18.9 Å². The number of nitrogens with zero attached hydrogens (tertiary/aromatic N) is 1. The molecule has 0 unspecified atom stereocenters. The minimum Gasteiger partial charge on any atom is -0.324 e. The van der Waals surface area contributed by atoms with E-state index in [0.29, 0.717) is 5.92 Å². The number of anilines is 1. The largest absolute Gasteiger partial charge is 0.418 e. The summed E-state index contributed by atoms with van der Waals surface area (Å²) in [5, 5.41) is 5.48. The summed E-state index contributed by atoms with van der Waals surface area (Å²) in [7, 11) is 1.92. The normalized spacial score (nSPS) is 16.2. The Kier molecular flexibility index (Phi) is 9.16. The van der Waals surface area contributed by atoms with Crippen molar-refractivity contribution in [1.82, 2.24) is 10.2 Å². The monoisotopic (exact) mass is 413 g/mol. The van der Waals surface area contributed by atoms with Gasteiger partial charge in [0.05, 0.1) is 17.8 Å². The Hall–Kier alpha value is -1.02. The molecule has 2 N–H and O–H groups in total. The minimum atomic E-state index is -4.57. The van der Waals surface area contributed by atoms with E-state index in [2.05, 4.69) is 10.6 Å². The van der Waals surface area contributed by atoms with Gasteiger partial charge in [0, 0.05) is 5.02 Å². The van der Waals surface area contributed by atoms with Gasteiger partial charge in [-0.25, -0.2) is 0 Å². The summed E-state index contributed by atoms with van der Waals surface area (Å²) < 4.78 is 39.2. The van der Waals surface area contributed by atoms with Gasteiger partial charge in [0.25, 0.3) is 0 Å². The summed E-state index contributed by atoms with van der Waals surface area (Å²) >= 11 is 5.64. The summed E-state index contributed by atoms with van der Waals surface area (Å²) in [6.07, 6.45) is -1.46. The molecule has 1 aromatic rings. The molecule has 2 rings (SSSR count). The van der Waals surface area contributed by atoms with E-state index < -0.39 is 17.6 Å². The van der Waals surface area contributed by atoms with Gasteiger partial charge < -0.3 is 10.6 Å². The van der Waals surface area contributed by atoms with E-state index in [9.17, 15) is 18.0 Å². The Balaban J connectivity index is 0.00000338. The molecule has 148 valence electrons. The van der Waals surface area contributed by atoms with Crippen LogP contribution in [0.15, 0.2) is 18.2 Å². The topological polar surface area (TPSA) is 44.4 Å². The smallest absolute Gasteiger partial charge is 0.324 e. The first-order valence-electron chi connectivity index (χ1n) is 8.33. The van der Waals surface area contributed by atoms with Gasteiger partial charge in [-0.3, -0.25) is 9.69 Å². The summed E-state index contributed by atoms with van der Waals surface area (Å²) in [6, 6.07) is 3.34. The second kappa shape index (κ2) is 10.3. The lowest BCUT2D eigenvalue weighted by atomic mass is 9.93. The zero-order valence-corrected chi connectivity index (χ0v) is 16.1. The lowest BCUT2D eigenvalue weighted by molar-refractivity contribution is -0.137. The highest BCUT2D eigenvalue weighted by molar-refractivity contribution is 6.30. The maximum absolute atomic E-state index is 13.1. The van der Waals surface area contributed by atoms with Gasteiger partial charge in [-0.2, -0.15) is 13.2 Å². The number of likely N-dealkylation sites (tertiary alicyclic amines) is 1. The van der Waals surface area contributed by atoms with Gasteiger partial charge in [-0.1, -0.05) is 11.6 Å². The molecule has 1 aromatic carbocycles. The van der Waals surface area contributed by atoms with Crippen LogP contribution in [0.1, 0.15) is 24.8 Å². The third-order valence-corrected chi connectivity index (χ3v) is 4.67. The van der Waals surface area contributed by atoms with E-state index in [-0.39, 0.29) is 29.7 Å². The van der Waals surface area contributed by atoms with Crippen molar-refractivity contribution in [3.63, 3.8) is 0 Å². The van der Waals surface area contributed by atoms with Crippen molar-refractivity contribution < 1.29 is 18.0 Å². The van der Waals surface area contributed by atoms with Crippen molar-refractivity contribution in [2.45, 2.75) is 25.4 Å². The van der Waals surface area contributed by atoms with Crippen LogP contribution >= 0.6 is 24.0 Å². The first kappa shape index (κ1) is 23.0. The first-order valence-corrected chi connectivity index (χ1v) is 8.71. The fourth-order valence-corrected chi connectivity index (χ4v) is 3.21. The van der Waals surface area contributed by atoms with Crippen molar-refractivity contribution in [3.05, 3.63) is 28.8 Å². The Bertz CT molecular complexity index is 591. The highest BCUT2D eigenvalue weighted by Gasteiger charge is 2.34. The van der Waals surface area contributed by atoms with Crippen LogP contribution in [0.3, 0.4) is 0 Å². The number of rotatable bonds is 6. The van der Waals surface area contributed by atoms with Gasteiger partial charge in [0.15, 0.2) is 0 Å². The number of carbonyl (C=O) groups excluding carboxylic acids is 1. The number of nitrogens with one attached hydrogen (secondary N) is 2. The molecule has 4 nitrogen and oxygen atoms in total. The molecule has 1 fully saturated rings. The van der Waals surface area contributed by atoms with Crippen LogP contribution in [0.25, 0.3) is 0 Å². The number of hydrogen-bond donors (Lipinski definition) is 2. The third-order valence-electron chi connectivity index (χ3n) is 4.44. The zero-order valence-electron chi connectivity index (χ0n) is 14.5. The highest BCUT2D eigenvalue weighted by Crippen LogP contribution is 2.36. The number of benzene rings is 1. The number of amides is 1. The van der Waals surface area contributed by atoms with Crippen LogP contribution in [0.5, 0.6) is 0 Å². The Morgan fingerprint density at radius 2 is 1.96 bits per heavy atom. The van der Waals surface area contributed by atoms with Crippen molar-refractivity contribution in [1.29, 1.82) is 0 Å². The van der Waals surface area contributed by atoms with Crippen molar-refractivity contribution in [2.24, 2.45) is 5.92 Å². The maximum Gasteiger partial charge on any atom is 0.418 e. The van der Waals surface area contributed by atoms with Crippen LogP contribution in [0.2, 0.25) is 5.02 Å². The molecule has 0 radical (unpaired) electrons. The van der Waals surface area contributed by atoms with E-state index >= 15 is 0 Å². The van der Waals surface area contributed by atoms with Gasteiger partial charge in [-0.15, -0.1) is 12.4 Å². The number of alkyl halides is 3. The lowest BCUT2D eigenvalue weighted by Gasteiger charge is -2.31. The average Bonchev–Trinajstić information content (AvgIpc) is 2.55. The van der Waals surface area contributed by atoms with E-state index in [0.717, 1.165) is 45.0 Å². The number of piperidine rings is 1. The van der Waals surface area contributed by atoms with Gasteiger partial charge >= 0.3 is 6.18 Å². The Morgan fingerprint density at radius 3 is 2.54 bits per heavy atom. The molecule has 0 saturated carbocycles.